The van der Waals surface area contributed by atoms with Gasteiger partial charge in [0, 0.05) is 6.92 Å². The maximum absolute atomic E-state index is 13.1. The van der Waals surface area contributed by atoms with E-state index in [9.17, 15) is 14.4 Å². The number of amidine groups is 1. The fourth-order valence-electron chi connectivity index (χ4n) is 3.48. The van der Waals surface area contributed by atoms with E-state index in [0.29, 0.717) is 35.2 Å². The number of methoxy groups -OCH3 is 1. The zero-order valence-corrected chi connectivity index (χ0v) is 18.4. The normalized spacial score (nSPS) is 20.6. The van der Waals surface area contributed by atoms with Crippen molar-refractivity contribution in [2.45, 2.75) is 45.4 Å². The van der Waals surface area contributed by atoms with E-state index in [1.54, 1.807) is 30.0 Å². The molecule has 0 saturated carbocycles. The number of aliphatic imine (C=N–C) groups is 1. The average Bonchev–Trinajstić information content (AvgIpc) is 3.02. The van der Waals surface area contributed by atoms with Gasteiger partial charge in [0.2, 0.25) is 5.91 Å². The standard InChI is InChI=1S/C21H24N2O6S/c1-6-16-19(25)23-18(17(20(26)27-5)11(3)22-21(23)30-16)13-8-9-14(29-12(4)24)15(10-13)28-7-2/h8-10,16,18H,6-7H2,1-5H3/t16-,18-/m0/s1. The summed E-state index contributed by atoms with van der Waals surface area (Å²) in [5.74, 6) is -0.518. The van der Waals surface area contributed by atoms with Gasteiger partial charge in [-0.1, -0.05) is 24.8 Å². The molecule has 0 spiro atoms. The first kappa shape index (κ1) is 21.9. The van der Waals surface area contributed by atoms with Crippen molar-refractivity contribution in [2.75, 3.05) is 13.7 Å². The second-order valence-corrected chi connectivity index (χ2v) is 7.91. The Morgan fingerprint density at radius 3 is 2.57 bits per heavy atom. The number of rotatable bonds is 6. The van der Waals surface area contributed by atoms with Crippen LogP contribution in [0.15, 0.2) is 34.5 Å². The maximum Gasteiger partial charge on any atom is 0.338 e. The lowest BCUT2D eigenvalue weighted by molar-refractivity contribution is -0.137. The van der Waals surface area contributed by atoms with Crippen LogP contribution in [0.5, 0.6) is 11.5 Å². The van der Waals surface area contributed by atoms with Crippen molar-refractivity contribution in [1.29, 1.82) is 0 Å². The number of hydrogen-bond donors (Lipinski definition) is 0. The predicted octanol–water partition coefficient (Wildman–Crippen LogP) is 3.22. The molecular weight excluding hydrogens is 408 g/mol. The van der Waals surface area contributed by atoms with Crippen LogP contribution in [-0.2, 0) is 19.1 Å². The van der Waals surface area contributed by atoms with E-state index in [4.69, 9.17) is 14.2 Å². The molecule has 30 heavy (non-hydrogen) atoms. The largest absolute Gasteiger partial charge is 0.490 e. The Morgan fingerprint density at radius 1 is 1.23 bits per heavy atom. The van der Waals surface area contributed by atoms with Crippen LogP contribution in [0.4, 0.5) is 0 Å². The smallest absolute Gasteiger partial charge is 0.338 e. The van der Waals surface area contributed by atoms with Gasteiger partial charge in [-0.05, 0) is 38.0 Å². The summed E-state index contributed by atoms with van der Waals surface area (Å²) in [4.78, 5) is 43.2. The molecular formula is C21H24N2O6S. The molecule has 2 aliphatic heterocycles. The quantitative estimate of drug-likeness (QED) is 0.503. The number of benzene rings is 1. The third-order valence-electron chi connectivity index (χ3n) is 4.76. The monoisotopic (exact) mass is 432 g/mol. The number of carbonyl (C=O) groups is 3. The molecule has 1 amide bonds. The van der Waals surface area contributed by atoms with E-state index in [-0.39, 0.29) is 22.5 Å². The number of hydrogen-bond acceptors (Lipinski definition) is 8. The Balaban J connectivity index is 2.15. The number of fused-ring (bicyclic) bond motifs is 1. The summed E-state index contributed by atoms with van der Waals surface area (Å²) in [5, 5.41) is 0.298. The number of thioether (sulfide) groups is 1. The number of carbonyl (C=O) groups excluding carboxylic acids is 3. The zero-order valence-electron chi connectivity index (χ0n) is 17.6. The van der Waals surface area contributed by atoms with Crippen molar-refractivity contribution in [3.8, 4) is 11.5 Å². The van der Waals surface area contributed by atoms with Crippen molar-refractivity contribution < 1.29 is 28.6 Å². The third-order valence-corrected chi connectivity index (χ3v) is 6.08. The van der Waals surface area contributed by atoms with Gasteiger partial charge in [0.1, 0.15) is 0 Å². The molecule has 2 atom stereocenters. The molecule has 3 rings (SSSR count). The number of allylic oxidation sites excluding steroid dienone is 1. The summed E-state index contributed by atoms with van der Waals surface area (Å²) in [7, 11) is 1.30. The maximum atomic E-state index is 13.1. The highest BCUT2D eigenvalue weighted by atomic mass is 32.2. The highest BCUT2D eigenvalue weighted by Gasteiger charge is 2.47. The third kappa shape index (κ3) is 3.94. The van der Waals surface area contributed by atoms with Crippen LogP contribution in [0.2, 0.25) is 0 Å². The summed E-state index contributed by atoms with van der Waals surface area (Å²) in [6, 6.07) is 4.28. The number of amides is 1. The van der Waals surface area contributed by atoms with Crippen LogP contribution >= 0.6 is 11.8 Å². The first-order valence-corrected chi connectivity index (χ1v) is 10.5. The molecule has 8 nitrogen and oxygen atoms in total. The Morgan fingerprint density at radius 2 is 1.97 bits per heavy atom. The van der Waals surface area contributed by atoms with Crippen LogP contribution in [0.1, 0.15) is 45.7 Å². The van der Waals surface area contributed by atoms with Crippen molar-refractivity contribution in [3.63, 3.8) is 0 Å². The van der Waals surface area contributed by atoms with Gasteiger partial charge in [0.05, 0.1) is 36.3 Å². The van der Waals surface area contributed by atoms with E-state index in [2.05, 4.69) is 4.99 Å². The molecule has 1 saturated heterocycles. The average molecular weight is 432 g/mol. The lowest BCUT2D eigenvalue weighted by Crippen LogP contribution is -2.40. The second-order valence-electron chi connectivity index (χ2n) is 6.74. The second kappa shape index (κ2) is 8.91. The van der Waals surface area contributed by atoms with E-state index < -0.39 is 18.0 Å². The highest BCUT2D eigenvalue weighted by molar-refractivity contribution is 8.15. The van der Waals surface area contributed by atoms with Crippen LogP contribution < -0.4 is 9.47 Å². The van der Waals surface area contributed by atoms with E-state index in [1.165, 1.54) is 25.8 Å². The Labute approximate surface area is 179 Å². The molecule has 1 fully saturated rings. The Bertz CT molecular complexity index is 955. The lowest BCUT2D eigenvalue weighted by Gasteiger charge is -2.33. The predicted molar refractivity (Wildman–Crippen MR) is 112 cm³/mol. The molecule has 0 aromatic heterocycles. The first-order chi connectivity index (χ1) is 14.3. The van der Waals surface area contributed by atoms with Gasteiger partial charge in [-0.3, -0.25) is 14.5 Å². The highest BCUT2D eigenvalue weighted by Crippen LogP contribution is 2.45. The topological polar surface area (TPSA) is 94.5 Å². The van der Waals surface area contributed by atoms with Crippen LogP contribution in [-0.4, -0.2) is 46.9 Å². The van der Waals surface area contributed by atoms with Crippen molar-refractivity contribution in [1.82, 2.24) is 4.90 Å². The van der Waals surface area contributed by atoms with Gasteiger partial charge in [-0.2, -0.15) is 0 Å². The molecule has 2 heterocycles. The van der Waals surface area contributed by atoms with Crippen molar-refractivity contribution >= 4 is 34.8 Å². The molecule has 0 unspecified atom stereocenters. The molecule has 9 heteroatoms. The van der Waals surface area contributed by atoms with Gasteiger partial charge in [-0.25, -0.2) is 9.79 Å². The minimum Gasteiger partial charge on any atom is -0.490 e. The SMILES string of the molecule is CCOc1cc([C@H]2C(C(=O)OC)=C(C)N=C3S[C@@H](CC)C(=O)N32)ccc1OC(C)=O. The van der Waals surface area contributed by atoms with Gasteiger partial charge < -0.3 is 14.2 Å². The minimum atomic E-state index is -0.716. The molecule has 160 valence electrons. The fraction of sp³-hybridized carbons (Fsp3) is 0.429. The fourth-order valence-corrected chi connectivity index (χ4v) is 4.61. The number of nitrogens with zero attached hydrogens (tertiary/aromatic N) is 2. The van der Waals surface area contributed by atoms with Gasteiger partial charge in [0.25, 0.3) is 0 Å². The lowest BCUT2D eigenvalue weighted by atomic mass is 9.94. The van der Waals surface area contributed by atoms with Crippen molar-refractivity contribution in [2.24, 2.45) is 4.99 Å². The molecule has 0 radical (unpaired) electrons. The first-order valence-electron chi connectivity index (χ1n) is 9.64. The van der Waals surface area contributed by atoms with Crippen LogP contribution in [0, 0.1) is 0 Å². The molecule has 0 bridgehead atoms. The van der Waals surface area contributed by atoms with Crippen molar-refractivity contribution in [3.05, 3.63) is 35.0 Å². The summed E-state index contributed by atoms with van der Waals surface area (Å²) in [5.41, 5.74) is 1.42. The van der Waals surface area contributed by atoms with E-state index in [0.717, 1.165) is 0 Å². The summed E-state index contributed by atoms with van der Waals surface area (Å²) in [6.07, 6.45) is 0.647. The molecule has 0 aliphatic carbocycles. The molecule has 1 aromatic rings. The van der Waals surface area contributed by atoms with Gasteiger partial charge >= 0.3 is 11.9 Å². The molecule has 1 aromatic carbocycles. The van der Waals surface area contributed by atoms with E-state index >= 15 is 0 Å². The zero-order chi connectivity index (χ0) is 22.0. The number of ether oxygens (including phenoxy) is 3. The van der Waals surface area contributed by atoms with Gasteiger partial charge in [-0.15, -0.1) is 0 Å². The Kier molecular flexibility index (Phi) is 6.50. The minimum absolute atomic E-state index is 0.109. The summed E-state index contributed by atoms with van der Waals surface area (Å²) < 4.78 is 15.9. The van der Waals surface area contributed by atoms with Gasteiger partial charge in [0.15, 0.2) is 16.7 Å². The molecule has 0 N–H and O–H groups in total. The summed E-state index contributed by atoms with van der Waals surface area (Å²) in [6.45, 7) is 7.13. The molecule has 2 aliphatic rings. The van der Waals surface area contributed by atoms with E-state index in [1.807, 2.05) is 13.8 Å². The van der Waals surface area contributed by atoms with Crippen LogP contribution in [0.3, 0.4) is 0 Å². The van der Waals surface area contributed by atoms with Crippen LogP contribution in [0.25, 0.3) is 0 Å². The summed E-state index contributed by atoms with van der Waals surface area (Å²) >= 11 is 1.39. The number of esters is 2. The Hall–Kier alpha value is -2.81.